The van der Waals surface area contributed by atoms with Gasteiger partial charge in [-0.05, 0) is 77.2 Å². The molecule has 1 N–H and O–H groups in total. The van der Waals surface area contributed by atoms with E-state index in [4.69, 9.17) is 20.4 Å². The topological polar surface area (TPSA) is 68.3 Å². The average molecular weight is 491 g/mol. The maximum atomic E-state index is 12.1. The molecule has 0 atom stereocenters. The molecular weight excluding hydrogens is 479 g/mol. The van der Waals surface area contributed by atoms with Gasteiger partial charge in [0, 0.05) is 15.3 Å². The SMILES string of the molecule is O=C(C=Cc1ccco1)Nc1ccc2oc(-c3cc(I)ccc3Cl)nc2c1. The van der Waals surface area contributed by atoms with Crippen LogP contribution in [0.25, 0.3) is 28.6 Å². The van der Waals surface area contributed by atoms with Crippen LogP contribution >= 0.6 is 34.2 Å². The Morgan fingerprint density at radius 1 is 1.19 bits per heavy atom. The number of furan rings is 1. The van der Waals surface area contributed by atoms with Crippen molar-refractivity contribution in [3.8, 4) is 11.5 Å². The van der Waals surface area contributed by atoms with Crippen molar-refractivity contribution >= 4 is 63.0 Å². The second-order valence-electron chi connectivity index (χ2n) is 5.66. The van der Waals surface area contributed by atoms with Crippen LogP contribution in [-0.4, -0.2) is 10.9 Å². The van der Waals surface area contributed by atoms with E-state index in [-0.39, 0.29) is 5.91 Å². The van der Waals surface area contributed by atoms with Crippen LogP contribution in [0.4, 0.5) is 5.69 Å². The zero-order valence-electron chi connectivity index (χ0n) is 13.8. The number of aromatic nitrogens is 1. The number of carbonyl (C=O) groups is 1. The summed E-state index contributed by atoms with van der Waals surface area (Å²) in [7, 11) is 0. The summed E-state index contributed by atoms with van der Waals surface area (Å²) in [6.45, 7) is 0. The normalized spacial score (nSPS) is 11.3. The number of nitrogens with one attached hydrogen (secondary N) is 1. The first-order chi connectivity index (χ1) is 13.1. The predicted molar refractivity (Wildman–Crippen MR) is 114 cm³/mol. The van der Waals surface area contributed by atoms with Gasteiger partial charge < -0.3 is 14.2 Å². The molecule has 2 heterocycles. The molecule has 27 heavy (non-hydrogen) atoms. The number of fused-ring (bicyclic) bond motifs is 1. The van der Waals surface area contributed by atoms with E-state index in [0.717, 1.165) is 9.13 Å². The Morgan fingerprint density at radius 3 is 2.89 bits per heavy atom. The lowest BCUT2D eigenvalue weighted by Gasteiger charge is -2.00. The monoisotopic (exact) mass is 490 g/mol. The van der Waals surface area contributed by atoms with Gasteiger partial charge in [-0.1, -0.05) is 11.6 Å². The fourth-order valence-corrected chi connectivity index (χ4v) is 3.20. The van der Waals surface area contributed by atoms with Crippen molar-refractivity contribution in [2.75, 3.05) is 5.32 Å². The first-order valence-electron chi connectivity index (χ1n) is 7.97. The number of hydrogen-bond donors (Lipinski definition) is 1. The third-order valence-corrected chi connectivity index (χ3v) is 4.76. The summed E-state index contributed by atoms with van der Waals surface area (Å²) in [6.07, 6.45) is 4.55. The van der Waals surface area contributed by atoms with E-state index in [9.17, 15) is 4.79 Å². The Labute approximate surface area is 173 Å². The van der Waals surface area contributed by atoms with Gasteiger partial charge >= 0.3 is 0 Å². The standard InChI is InChI=1S/C20H12ClIN2O3/c21-16-6-3-12(22)10-15(16)20-24-17-11-13(4-7-18(17)27-20)23-19(25)8-5-14-2-1-9-26-14/h1-11H,(H,23,25). The minimum atomic E-state index is -0.268. The number of anilines is 1. The number of hydrogen-bond acceptors (Lipinski definition) is 4. The molecule has 0 radical (unpaired) electrons. The molecule has 2 aromatic carbocycles. The van der Waals surface area contributed by atoms with E-state index >= 15 is 0 Å². The highest BCUT2D eigenvalue weighted by atomic mass is 127. The van der Waals surface area contributed by atoms with Crippen LogP contribution in [0.15, 0.2) is 69.7 Å². The first kappa shape index (κ1) is 17.8. The van der Waals surface area contributed by atoms with Gasteiger partial charge in [0.15, 0.2) is 5.58 Å². The molecular formula is C20H12ClIN2O3. The van der Waals surface area contributed by atoms with Crippen molar-refractivity contribution in [3.05, 3.63) is 75.2 Å². The number of rotatable bonds is 4. The minimum Gasteiger partial charge on any atom is -0.465 e. The van der Waals surface area contributed by atoms with Crippen LogP contribution in [0, 0.1) is 3.57 Å². The van der Waals surface area contributed by atoms with Crippen molar-refractivity contribution < 1.29 is 13.6 Å². The third-order valence-electron chi connectivity index (χ3n) is 3.76. The molecule has 1 amide bonds. The van der Waals surface area contributed by atoms with Crippen LogP contribution in [0.1, 0.15) is 5.76 Å². The quantitative estimate of drug-likeness (QED) is 0.281. The van der Waals surface area contributed by atoms with Crippen molar-refractivity contribution in [2.45, 2.75) is 0 Å². The van der Waals surface area contributed by atoms with E-state index in [1.807, 2.05) is 18.2 Å². The van der Waals surface area contributed by atoms with Gasteiger partial charge in [-0.3, -0.25) is 4.79 Å². The molecule has 4 rings (SSSR count). The lowest BCUT2D eigenvalue weighted by atomic mass is 10.2. The highest BCUT2D eigenvalue weighted by Gasteiger charge is 2.13. The zero-order chi connectivity index (χ0) is 18.8. The van der Waals surface area contributed by atoms with E-state index in [1.54, 1.807) is 42.7 Å². The predicted octanol–water partition coefficient (Wildman–Crippen LogP) is 6.00. The summed E-state index contributed by atoms with van der Waals surface area (Å²) in [5.41, 5.74) is 2.59. The van der Waals surface area contributed by atoms with Crippen molar-refractivity contribution in [1.29, 1.82) is 0 Å². The molecule has 0 unspecified atom stereocenters. The van der Waals surface area contributed by atoms with Gasteiger partial charge in [0.25, 0.3) is 0 Å². The zero-order valence-corrected chi connectivity index (χ0v) is 16.7. The minimum absolute atomic E-state index is 0.268. The maximum absolute atomic E-state index is 12.1. The van der Waals surface area contributed by atoms with Crippen molar-refractivity contribution in [2.24, 2.45) is 0 Å². The summed E-state index contributed by atoms with van der Waals surface area (Å²) in [6, 6.07) is 14.4. The number of nitrogens with zero attached hydrogens (tertiary/aromatic N) is 1. The average Bonchev–Trinajstić information content (AvgIpc) is 3.31. The van der Waals surface area contributed by atoms with E-state index in [1.165, 1.54) is 6.08 Å². The number of halogens is 2. The van der Waals surface area contributed by atoms with Crippen LogP contribution in [0.5, 0.6) is 0 Å². The van der Waals surface area contributed by atoms with Gasteiger partial charge in [0.2, 0.25) is 11.8 Å². The largest absolute Gasteiger partial charge is 0.465 e. The van der Waals surface area contributed by atoms with E-state index in [2.05, 4.69) is 32.9 Å². The van der Waals surface area contributed by atoms with Crippen LogP contribution < -0.4 is 5.32 Å². The number of benzene rings is 2. The van der Waals surface area contributed by atoms with Gasteiger partial charge in [0.1, 0.15) is 11.3 Å². The summed E-state index contributed by atoms with van der Waals surface area (Å²) >= 11 is 8.47. The fourth-order valence-electron chi connectivity index (χ4n) is 2.51. The smallest absolute Gasteiger partial charge is 0.248 e. The van der Waals surface area contributed by atoms with Gasteiger partial charge in [-0.15, -0.1) is 0 Å². The Bertz CT molecular complexity index is 1150. The molecule has 5 nitrogen and oxygen atoms in total. The van der Waals surface area contributed by atoms with Crippen molar-refractivity contribution in [3.63, 3.8) is 0 Å². The number of amides is 1. The van der Waals surface area contributed by atoms with Crippen LogP contribution in [0.3, 0.4) is 0 Å². The van der Waals surface area contributed by atoms with Crippen LogP contribution in [-0.2, 0) is 4.79 Å². The molecule has 0 aliphatic carbocycles. The molecule has 0 fully saturated rings. The molecule has 0 saturated heterocycles. The summed E-state index contributed by atoms with van der Waals surface area (Å²) in [5.74, 6) is 0.779. The molecule has 7 heteroatoms. The highest BCUT2D eigenvalue weighted by Crippen LogP contribution is 2.32. The Balaban J connectivity index is 1.57. The van der Waals surface area contributed by atoms with E-state index in [0.29, 0.717) is 33.5 Å². The lowest BCUT2D eigenvalue weighted by Crippen LogP contribution is -2.07. The summed E-state index contributed by atoms with van der Waals surface area (Å²) < 4.78 is 12.0. The first-order valence-corrected chi connectivity index (χ1v) is 9.43. The Hall–Kier alpha value is -2.58. The molecule has 134 valence electrons. The fraction of sp³-hybridized carbons (Fsp3) is 0. The second kappa shape index (κ2) is 7.58. The summed E-state index contributed by atoms with van der Waals surface area (Å²) in [4.78, 5) is 16.6. The molecule has 0 spiro atoms. The highest BCUT2D eigenvalue weighted by molar-refractivity contribution is 14.1. The number of carbonyl (C=O) groups excluding carboxylic acids is 1. The maximum Gasteiger partial charge on any atom is 0.248 e. The second-order valence-corrected chi connectivity index (χ2v) is 7.32. The van der Waals surface area contributed by atoms with Crippen LogP contribution in [0.2, 0.25) is 5.02 Å². The summed E-state index contributed by atoms with van der Waals surface area (Å²) in [5, 5.41) is 3.36. The Morgan fingerprint density at radius 2 is 2.07 bits per heavy atom. The molecule has 4 aromatic rings. The third kappa shape index (κ3) is 4.06. The van der Waals surface area contributed by atoms with Gasteiger partial charge in [-0.2, -0.15) is 0 Å². The molecule has 2 aromatic heterocycles. The van der Waals surface area contributed by atoms with Gasteiger partial charge in [0.05, 0.1) is 16.8 Å². The van der Waals surface area contributed by atoms with Crippen molar-refractivity contribution in [1.82, 2.24) is 4.98 Å². The molecule has 0 bridgehead atoms. The van der Waals surface area contributed by atoms with E-state index < -0.39 is 0 Å². The number of oxazole rings is 1. The Kier molecular flexibility index (Phi) is 5.00. The molecule has 0 aliphatic heterocycles. The molecule has 0 saturated carbocycles. The molecule has 0 aliphatic rings. The van der Waals surface area contributed by atoms with Gasteiger partial charge in [-0.25, -0.2) is 4.98 Å². The lowest BCUT2D eigenvalue weighted by molar-refractivity contribution is -0.111.